The Labute approximate surface area is 215 Å². The molecule has 0 bridgehead atoms. The number of benzene rings is 2. The quantitative estimate of drug-likeness (QED) is 0.273. The summed E-state index contributed by atoms with van der Waals surface area (Å²) in [6.45, 7) is 2.13. The first kappa shape index (κ1) is 24.4. The first-order valence-corrected chi connectivity index (χ1v) is 13.6. The molecular formula is C24H19BrClN3O3S2. The Bertz CT molecular complexity index is 1480. The number of nitrogens with zero attached hydrogens (tertiary/aromatic N) is 2. The topological polar surface area (TPSA) is 81.1 Å². The Balaban J connectivity index is 1.47. The van der Waals surface area contributed by atoms with E-state index in [0.717, 1.165) is 28.0 Å². The van der Waals surface area contributed by atoms with Crippen molar-refractivity contribution in [3.63, 3.8) is 0 Å². The first-order valence-electron chi connectivity index (χ1n) is 10.1. The number of carbonyl (C=O) groups is 1. The molecule has 0 radical (unpaired) electrons. The highest BCUT2D eigenvalue weighted by molar-refractivity contribution is 9.11. The summed E-state index contributed by atoms with van der Waals surface area (Å²) in [6, 6.07) is 18.8. The molecule has 0 atom stereocenters. The van der Waals surface area contributed by atoms with E-state index in [4.69, 9.17) is 11.6 Å². The third-order valence-corrected chi connectivity index (χ3v) is 8.73. The van der Waals surface area contributed by atoms with E-state index >= 15 is 0 Å². The predicted molar refractivity (Wildman–Crippen MR) is 140 cm³/mol. The van der Waals surface area contributed by atoms with Crippen LogP contribution in [0.4, 0.5) is 0 Å². The largest absolute Gasteiger partial charge is 0.330 e. The Morgan fingerprint density at radius 1 is 1.12 bits per heavy atom. The molecule has 1 N–H and O–H groups in total. The lowest BCUT2D eigenvalue weighted by Gasteiger charge is -2.08. The summed E-state index contributed by atoms with van der Waals surface area (Å²) in [5, 5.41) is 0.583. The number of aromatic nitrogens is 2. The lowest BCUT2D eigenvalue weighted by atomic mass is 10.1. The van der Waals surface area contributed by atoms with Crippen LogP contribution in [0.3, 0.4) is 0 Å². The van der Waals surface area contributed by atoms with Crippen LogP contribution in [-0.2, 0) is 16.6 Å². The van der Waals surface area contributed by atoms with Crippen molar-refractivity contribution in [2.24, 2.45) is 0 Å². The third-order valence-electron chi connectivity index (χ3n) is 4.93. The number of halogens is 2. The zero-order valence-electron chi connectivity index (χ0n) is 17.9. The maximum absolute atomic E-state index is 12.6. The van der Waals surface area contributed by atoms with Crippen molar-refractivity contribution < 1.29 is 13.2 Å². The first-order chi connectivity index (χ1) is 16.2. The molecule has 34 heavy (non-hydrogen) atoms. The van der Waals surface area contributed by atoms with Crippen LogP contribution < -0.4 is 4.72 Å². The van der Waals surface area contributed by atoms with Gasteiger partial charge in [-0.05, 0) is 57.7 Å². The van der Waals surface area contributed by atoms with Crippen molar-refractivity contribution in [3.05, 3.63) is 104 Å². The van der Waals surface area contributed by atoms with Gasteiger partial charge in [-0.2, -0.15) is 0 Å². The van der Waals surface area contributed by atoms with Crippen molar-refractivity contribution in [2.75, 3.05) is 0 Å². The zero-order chi connectivity index (χ0) is 24.3. The molecule has 1 amide bonds. The van der Waals surface area contributed by atoms with E-state index in [1.807, 2.05) is 60.7 Å². The monoisotopic (exact) mass is 575 g/mol. The third kappa shape index (κ3) is 5.85. The number of thiophene rings is 1. The van der Waals surface area contributed by atoms with Gasteiger partial charge in [0.2, 0.25) is 0 Å². The molecule has 0 saturated carbocycles. The van der Waals surface area contributed by atoms with Crippen molar-refractivity contribution in [1.29, 1.82) is 0 Å². The number of rotatable bonds is 7. The molecule has 0 fully saturated rings. The summed E-state index contributed by atoms with van der Waals surface area (Å²) in [5.41, 5.74) is 2.92. The van der Waals surface area contributed by atoms with E-state index in [-0.39, 0.29) is 9.90 Å². The van der Waals surface area contributed by atoms with Crippen LogP contribution in [0, 0.1) is 6.92 Å². The highest BCUT2D eigenvalue weighted by Gasteiger charge is 2.22. The lowest BCUT2D eigenvalue weighted by molar-refractivity contribution is 0.0977. The van der Waals surface area contributed by atoms with Gasteiger partial charge in [-0.15, -0.1) is 11.3 Å². The van der Waals surface area contributed by atoms with Crippen LogP contribution in [0.15, 0.2) is 74.9 Å². The van der Waals surface area contributed by atoms with Gasteiger partial charge in [0.05, 0.1) is 10.3 Å². The molecule has 4 rings (SSSR count). The molecule has 0 unspecified atom stereocenters. The van der Waals surface area contributed by atoms with Gasteiger partial charge >= 0.3 is 0 Å². The molecule has 2 aromatic heterocycles. The predicted octanol–water partition coefficient (Wildman–Crippen LogP) is 6.01. The number of aryl methyl sites for hydroxylation is 1. The number of imidazole rings is 1. The zero-order valence-corrected chi connectivity index (χ0v) is 21.9. The molecule has 2 aromatic carbocycles. The standard InChI is InChI=1S/C24H19BrClN3O3S2/c1-16-27-21(24(30)28-34(31,32)23-12-11-22(25)33-23)15-29(16)14-19-10-9-18(13-20(19)26)8-7-17-5-3-2-4-6-17/h2-13,15H,14H2,1H3,(H,28,30). The Morgan fingerprint density at radius 2 is 1.85 bits per heavy atom. The second-order valence-corrected chi connectivity index (χ2v) is 12.2. The van der Waals surface area contributed by atoms with E-state index in [1.165, 1.54) is 12.3 Å². The van der Waals surface area contributed by atoms with Crippen LogP contribution in [0.25, 0.3) is 12.2 Å². The summed E-state index contributed by atoms with van der Waals surface area (Å²) in [7, 11) is -3.97. The van der Waals surface area contributed by atoms with Gasteiger partial charge in [0.15, 0.2) is 0 Å². The molecule has 2 heterocycles. The smallest absolute Gasteiger partial charge is 0.285 e. The van der Waals surface area contributed by atoms with Gasteiger partial charge in [0, 0.05) is 11.2 Å². The number of amides is 1. The molecule has 4 aromatic rings. The fourth-order valence-electron chi connectivity index (χ4n) is 3.18. The van der Waals surface area contributed by atoms with E-state index in [2.05, 4.69) is 25.6 Å². The SMILES string of the molecule is Cc1nc(C(=O)NS(=O)(=O)c2ccc(Br)s2)cn1Cc1ccc(C=Cc2ccccc2)cc1Cl. The van der Waals surface area contributed by atoms with E-state index in [0.29, 0.717) is 21.2 Å². The van der Waals surface area contributed by atoms with Crippen molar-refractivity contribution in [3.8, 4) is 0 Å². The van der Waals surface area contributed by atoms with E-state index in [1.54, 1.807) is 17.6 Å². The van der Waals surface area contributed by atoms with Gasteiger partial charge < -0.3 is 4.57 Å². The molecule has 10 heteroatoms. The minimum Gasteiger partial charge on any atom is -0.330 e. The highest BCUT2D eigenvalue weighted by atomic mass is 79.9. The molecule has 174 valence electrons. The van der Waals surface area contributed by atoms with E-state index < -0.39 is 15.9 Å². The average Bonchev–Trinajstić information content (AvgIpc) is 3.41. The van der Waals surface area contributed by atoms with Gasteiger partial charge in [-0.25, -0.2) is 18.1 Å². The van der Waals surface area contributed by atoms with Crippen molar-refractivity contribution in [1.82, 2.24) is 14.3 Å². The fourth-order valence-corrected chi connectivity index (χ4v) is 6.40. The van der Waals surface area contributed by atoms with Gasteiger partial charge in [0.1, 0.15) is 15.7 Å². The maximum atomic E-state index is 12.6. The van der Waals surface area contributed by atoms with Crippen molar-refractivity contribution in [2.45, 2.75) is 17.7 Å². The lowest BCUT2D eigenvalue weighted by Crippen LogP contribution is -2.30. The molecule has 0 saturated heterocycles. The normalized spacial score (nSPS) is 11.7. The summed E-state index contributed by atoms with van der Waals surface area (Å²) in [5.74, 6) is -0.232. The number of carbonyl (C=O) groups excluding carboxylic acids is 1. The van der Waals surface area contributed by atoms with Crippen LogP contribution in [0.5, 0.6) is 0 Å². The Kier molecular flexibility index (Phi) is 7.37. The minimum atomic E-state index is -3.97. The highest BCUT2D eigenvalue weighted by Crippen LogP contribution is 2.26. The number of hydrogen-bond donors (Lipinski definition) is 1. The summed E-state index contributed by atoms with van der Waals surface area (Å²) in [6.07, 6.45) is 5.52. The number of hydrogen-bond acceptors (Lipinski definition) is 5. The average molecular weight is 577 g/mol. The molecule has 0 aliphatic heterocycles. The molecule has 0 aliphatic carbocycles. The molecule has 0 spiro atoms. The van der Waals surface area contributed by atoms with Crippen LogP contribution >= 0.6 is 38.9 Å². The fraction of sp³-hybridized carbons (Fsp3) is 0.0833. The Morgan fingerprint density at radius 3 is 2.53 bits per heavy atom. The summed E-state index contributed by atoms with van der Waals surface area (Å²) < 4.78 is 29.4. The second kappa shape index (κ2) is 10.3. The molecular weight excluding hydrogens is 558 g/mol. The Hall–Kier alpha value is -2.72. The number of sulfonamides is 1. The molecule has 6 nitrogen and oxygen atoms in total. The van der Waals surface area contributed by atoms with Crippen LogP contribution in [0.2, 0.25) is 5.02 Å². The van der Waals surface area contributed by atoms with Crippen molar-refractivity contribution >= 4 is 67.0 Å². The number of nitrogens with one attached hydrogen (secondary N) is 1. The summed E-state index contributed by atoms with van der Waals surface area (Å²) >= 11 is 10.7. The van der Waals surface area contributed by atoms with Gasteiger partial charge in [-0.3, -0.25) is 4.79 Å². The van der Waals surface area contributed by atoms with Gasteiger partial charge in [0.25, 0.3) is 15.9 Å². The van der Waals surface area contributed by atoms with Gasteiger partial charge in [-0.1, -0.05) is 66.2 Å². The van der Waals surface area contributed by atoms with E-state index in [9.17, 15) is 13.2 Å². The second-order valence-electron chi connectivity index (χ2n) is 7.39. The van der Waals surface area contributed by atoms with Crippen LogP contribution in [0.1, 0.15) is 33.0 Å². The minimum absolute atomic E-state index is 0.00948. The summed E-state index contributed by atoms with van der Waals surface area (Å²) in [4.78, 5) is 16.8. The van der Waals surface area contributed by atoms with Crippen LogP contribution in [-0.4, -0.2) is 23.9 Å². The molecule has 0 aliphatic rings. The maximum Gasteiger partial charge on any atom is 0.285 e.